The maximum absolute atomic E-state index is 14.1. The number of piperidine rings is 2. The third-order valence-electron chi connectivity index (χ3n) is 10.9. The Bertz CT molecular complexity index is 1580. The summed E-state index contributed by atoms with van der Waals surface area (Å²) in [5.74, 6) is -2.08. The fraction of sp³-hybridized carbons (Fsp3) is 0.583. The van der Waals surface area contributed by atoms with E-state index in [1.807, 2.05) is 24.3 Å². The summed E-state index contributed by atoms with van der Waals surface area (Å²) in [5, 5.41) is 6.27. The van der Waals surface area contributed by atoms with Crippen molar-refractivity contribution in [1.29, 1.82) is 0 Å². The van der Waals surface area contributed by atoms with Crippen LogP contribution in [-0.4, -0.2) is 108 Å². The zero-order valence-electron chi connectivity index (χ0n) is 28.9. The summed E-state index contributed by atoms with van der Waals surface area (Å²) in [6, 6.07) is 8.59. The third-order valence-corrected chi connectivity index (χ3v) is 10.9. The number of nitrogen functional groups attached to an aromatic ring is 1. The number of benzene rings is 2. The highest BCUT2D eigenvalue weighted by molar-refractivity contribution is 5.91. The highest BCUT2D eigenvalue weighted by Gasteiger charge is 2.42. The third kappa shape index (κ3) is 8.59. The molecule has 4 amide bonds. The van der Waals surface area contributed by atoms with E-state index in [4.69, 9.17) is 5.73 Å². The van der Waals surface area contributed by atoms with Crippen molar-refractivity contribution in [2.45, 2.75) is 69.4 Å². The van der Waals surface area contributed by atoms with Crippen LogP contribution < -0.4 is 16.4 Å². The molecule has 0 aromatic heterocycles. The lowest BCUT2D eigenvalue weighted by molar-refractivity contribution is -0.143. The summed E-state index contributed by atoms with van der Waals surface area (Å²) in [6.45, 7) is 5.30. The molecule has 0 bridgehead atoms. The molecule has 0 saturated carbocycles. The Balaban J connectivity index is 1.17. The largest absolute Gasteiger partial charge is 0.418 e. The number of hydrogen-bond donors (Lipinski definition) is 3. The molecule has 284 valence electrons. The molecule has 4 aliphatic heterocycles. The molecule has 1 atom stereocenters. The SMILES string of the molecule is Nc1c(C(F)(F)F)cc(CC(CC(=O)N2CCC(N3CCc4ccccc4NC3=O)CC2)C(=O)N2CCC(N3CCNCC3)CC2)cc1C(F)(F)F. The number of nitrogens with two attached hydrogens (primary N) is 1. The molecule has 2 aromatic rings. The molecule has 4 heterocycles. The average molecular weight is 738 g/mol. The van der Waals surface area contributed by atoms with Crippen LogP contribution in [0.25, 0.3) is 0 Å². The summed E-state index contributed by atoms with van der Waals surface area (Å²) in [6.07, 6.45) is -8.24. The first-order valence-electron chi connectivity index (χ1n) is 17.9. The van der Waals surface area contributed by atoms with Gasteiger partial charge in [-0.3, -0.25) is 14.5 Å². The van der Waals surface area contributed by atoms with Gasteiger partial charge in [-0.25, -0.2) is 4.79 Å². The second-order valence-electron chi connectivity index (χ2n) is 14.2. The smallest absolute Gasteiger partial charge is 0.398 e. The number of alkyl halides is 6. The normalized spacial score (nSPS) is 20.7. The zero-order valence-corrected chi connectivity index (χ0v) is 28.9. The number of piperazine rings is 1. The summed E-state index contributed by atoms with van der Waals surface area (Å²) >= 11 is 0. The Labute approximate surface area is 298 Å². The van der Waals surface area contributed by atoms with Gasteiger partial charge in [0.1, 0.15) is 0 Å². The molecule has 0 radical (unpaired) electrons. The number of amides is 4. The van der Waals surface area contributed by atoms with Gasteiger partial charge >= 0.3 is 18.4 Å². The molecule has 2 aromatic carbocycles. The van der Waals surface area contributed by atoms with Gasteiger partial charge < -0.3 is 31.1 Å². The van der Waals surface area contributed by atoms with Crippen LogP contribution in [0.4, 0.5) is 42.5 Å². The Morgan fingerprint density at radius 1 is 0.808 bits per heavy atom. The van der Waals surface area contributed by atoms with Crippen molar-refractivity contribution < 1.29 is 40.7 Å². The minimum Gasteiger partial charge on any atom is -0.398 e. The van der Waals surface area contributed by atoms with Crippen molar-refractivity contribution in [3.63, 3.8) is 0 Å². The average Bonchev–Trinajstić information content (AvgIpc) is 3.29. The van der Waals surface area contributed by atoms with Crippen LogP contribution in [0.15, 0.2) is 36.4 Å². The predicted octanol–water partition coefficient (Wildman–Crippen LogP) is 4.83. The molecule has 10 nitrogen and oxygen atoms in total. The van der Waals surface area contributed by atoms with Crippen LogP contribution in [0.1, 0.15) is 54.4 Å². The first-order valence-corrected chi connectivity index (χ1v) is 17.9. The van der Waals surface area contributed by atoms with E-state index in [1.165, 1.54) is 0 Å². The van der Waals surface area contributed by atoms with Crippen LogP contribution >= 0.6 is 0 Å². The molecule has 52 heavy (non-hydrogen) atoms. The van der Waals surface area contributed by atoms with Crippen LogP contribution in [-0.2, 0) is 34.8 Å². The van der Waals surface area contributed by atoms with Crippen molar-refractivity contribution in [3.8, 4) is 0 Å². The van der Waals surface area contributed by atoms with E-state index in [1.54, 1.807) is 14.7 Å². The number of hydrogen-bond acceptors (Lipinski definition) is 6. The van der Waals surface area contributed by atoms with E-state index < -0.39 is 53.3 Å². The lowest BCUT2D eigenvalue weighted by Crippen LogP contribution is -2.53. The van der Waals surface area contributed by atoms with Crippen LogP contribution in [0, 0.1) is 5.92 Å². The minimum absolute atomic E-state index is 0.135. The predicted molar refractivity (Wildman–Crippen MR) is 182 cm³/mol. The number of urea groups is 1. The van der Waals surface area contributed by atoms with Crippen molar-refractivity contribution >= 4 is 29.2 Å². The lowest BCUT2D eigenvalue weighted by atomic mass is 9.90. The van der Waals surface area contributed by atoms with Gasteiger partial charge in [0.05, 0.1) is 22.7 Å². The summed E-state index contributed by atoms with van der Waals surface area (Å²) in [4.78, 5) is 48.2. The summed E-state index contributed by atoms with van der Waals surface area (Å²) < 4.78 is 83.3. The number of carbonyl (C=O) groups excluding carboxylic acids is 3. The standard InChI is InChI=1S/C36H45F6N7O3/c37-35(38,39)28-20-23(21-29(32(28)43)36(40,41)42)19-25(33(51)48-14-6-26(7-15-48)46-17-10-44-11-18-46)22-31(50)47-12-8-27(9-13-47)49-16-5-24-3-1-2-4-30(24)45-34(49)52/h1-4,20-21,25-27,44H,5-19,22,43H2,(H,45,52). The molecule has 16 heteroatoms. The van der Waals surface area contributed by atoms with E-state index in [0.29, 0.717) is 63.9 Å². The summed E-state index contributed by atoms with van der Waals surface area (Å²) in [7, 11) is 0. The number of rotatable bonds is 7. The maximum atomic E-state index is 14.1. The second-order valence-corrected chi connectivity index (χ2v) is 14.2. The Morgan fingerprint density at radius 2 is 1.38 bits per heavy atom. The van der Waals surface area contributed by atoms with Gasteiger partial charge in [-0.15, -0.1) is 0 Å². The number of nitrogens with one attached hydrogen (secondary N) is 2. The molecular formula is C36H45F6N7O3. The molecule has 4 aliphatic rings. The van der Waals surface area contributed by atoms with Crippen LogP contribution in [0.2, 0.25) is 0 Å². The van der Waals surface area contributed by atoms with Gasteiger partial charge in [-0.1, -0.05) is 18.2 Å². The molecule has 3 fully saturated rings. The zero-order chi connectivity index (χ0) is 37.2. The molecule has 6 rings (SSSR count). The maximum Gasteiger partial charge on any atom is 0.418 e. The van der Waals surface area contributed by atoms with E-state index in [0.717, 1.165) is 37.4 Å². The van der Waals surface area contributed by atoms with Crippen LogP contribution in [0.5, 0.6) is 0 Å². The first-order chi connectivity index (χ1) is 24.7. The van der Waals surface area contributed by atoms with Gasteiger partial charge in [0.15, 0.2) is 0 Å². The highest BCUT2D eigenvalue weighted by atomic mass is 19.4. The molecule has 1 unspecified atom stereocenters. The highest BCUT2D eigenvalue weighted by Crippen LogP contribution is 2.42. The summed E-state index contributed by atoms with van der Waals surface area (Å²) in [5.41, 5.74) is 2.11. The number of fused-ring (bicyclic) bond motifs is 1. The van der Waals surface area contributed by atoms with Crippen molar-refractivity contribution in [3.05, 3.63) is 58.7 Å². The van der Waals surface area contributed by atoms with Gasteiger partial charge in [0.25, 0.3) is 0 Å². The van der Waals surface area contributed by atoms with Crippen molar-refractivity contribution in [2.75, 3.05) is 70.0 Å². The minimum atomic E-state index is -5.17. The van der Waals surface area contributed by atoms with Crippen LogP contribution in [0.3, 0.4) is 0 Å². The number of nitrogens with zero attached hydrogens (tertiary/aromatic N) is 4. The molecule has 3 saturated heterocycles. The van der Waals surface area contributed by atoms with E-state index in [2.05, 4.69) is 15.5 Å². The fourth-order valence-corrected chi connectivity index (χ4v) is 8.09. The van der Waals surface area contributed by atoms with E-state index >= 15 is 0 Å². The second kappa shape index (κ2) is 15.5. The van der Waals surface area contributed by atoms with Gasteiger partial charge in [0.2, 0.25) is 11.8 Å². The molecule has 0 aliphatic carbocycles. The number of carbonyl (C=O) groups is 3. The quantitative estimate of drug-likeness (QED) is 0.277. The van der Waals surface area contributed by atoms with Gasteiger partial charge in [-0.2, -0.15) is 26.3 Å². The van der Waals surface area contributed by atoms with E-state index in [9.17, 15) is 40.7 Å². The van der Waals surface area contributed by atoms with Gasteiger partial charge in [-0.05, 0) is 67.9 Å². The Kier molecular flexibility index (Phi) is 11.2. The lowest BCUT2D eigenvalue weighted by Gasteiger charge is -2.41. The Hall–Kier alpha value is -4.05. The first kappa shape index (κ1) is 37.7. The molecular weight excluding hydrogens is 692 g/mol. The fourth-order valence-electron chi connectivity index (χ4n) is 8.09. The van der Waals surface area contributed by atoms with Crippen molar-refractivity contribution in [1.82, 2.24) is 24.9 Å². The number of halogens is 6. The topological polar surface area (TPSA) is 114 Å². The van der Waals surface area contributed by atoms with Gasteiger partial charge in [0, 0.05) is 83.1 Å². The molecule has 4 N–H and O–H groups in total. The molecule has 0 spiro atoms. The number of anilines is 2. The Morgan fingerprint density at radius 3 is 2.00 bits per heavy atom. The number of para-hydroxylation sites is 1. The monoisotopic (exact) mass is 737 g/mol. The van der Waals surface area contributed by atoms with E-state index in [-0.39, 0.29) is 43.2 Å². The number of likely N-dealkylation sites (tertiary alicyclic amines) is 2. The van der Waals surface area contributed by atoms with Crippen molar-refractivity contribution in [2.24, 2.45) is 5.92 Å².